The molecule has 0 saturated carbocycles. The van der Waals surface area contributed by atoms with Crippen molar-refractivity contribution in [3.05, 3.63) is 36.5 Å². The van der Waals surface area contributed by atoms with Crippen LogP contribution in [0.3, 0.4) is 0 Å². The molecule has 1 amide bonds. The van der Waals surface area contributed by atoms with Crippen molar-refractivity contribution in [2.75, 3.05) is 13.2 Å². The van der Waals surface area contributed by atoms with E-state index < -0.39 is 12.1 Å². The Bertz CT molecular complexity index is 1010. The van der Waals surface area contributed by atoms with Crippen LogP contribution in [-0.2, 0) is 14.3 Å². The molecule has 0 aromatic heterocycles. The lowest BCUT2D eigenvalue weighted by Gasteiger charge is -2.20. The van der Waals surface area contributed by atoms with Gasteiger partial charge in [0.1, 0.15) is 0 Å². The molecule has 364 valence electrons. The summed E-state index contributed by atoms with van der Waals surface area (Å²) in [5.74, 6) is -0.0822. The molecule has 62 heavy (non-hydrogen) atoms. The van der Waals surface area contributed by atoms with Gasteiger partial charge in [-0.15, -0.1) is 0 Å². The van der Waals surface area contributed by atoms with E-state index in [0.29, 0.717) is 19.4 Å². The number of carbonyl (C=O) groups is 2. The average Bonchev–Trinajstić information content (AvgIpc) is 3.27. The maximum Gasteiger partial charge on any atom is 0.305 e. The molecule has 0 spiro atoms. The standard InChI is InChI=1S/C56H105NO5/c1-3-5-7-9-11-13-15-17-18-19-23-26-30-34-38-42-46-50-56(61)62-51-47-43-39-35-31-27-24-21-20-22-25-29-33-37-41-45-49-55(60)57-53(52-58)54(59)48-44-40-36-32-28-16-14-12-10-8-6-4-2/h11,13,17-18,44,48,53-54,58-59H,3-10,12,14-16,19-43,45-47,49-52H2,1-2H3,(H,57,60)/b13-11-,18-17-,48-44+. The van der Waals surface area contributed by atoms with E-state index in [-0.39, 0.29) is 18.5 Å². The molecule has 2 atom stereocenters. The Kier molecular flexibility index (Phi) is 50.1. The highest BCUT2D eigenvalue weighted by molar-refractivity contribution is 5.76. The Labute approximate surface area is 385 Å². The number of unbranched alkanes of at least 4 members (excludes halogenated alkanes) is 35. The maximum absolute atomic E-state index is 12.4. The van der Waals surface area contributed by atoms with Crippen LogP contribution in [-0.4, -0.2) is 47.4 Å². The number of hydrogen-bond donors (Lipinski definition) is 3. The number of aliphatic hydroxyl groups is 2. The van der Waals surface area contributed by atoms with E-state index >= 15 is 0 Å². The normalized spacial score (nSPS) is 12.9. The molecule has 0 bridgehead atoms. The molecule has 0 aliphatic carbocycles. The van der Waals surface area contributed by atoms with E-state index in [1.807, 2.05) is 6.08 Å². The molecule has 2 unspecified atom stereocenters. The maximum atomic E-state index is 12.4. The van der Waals surface area contributed by atoms with Gasteiger partial charge in [-0.2, -0.15) is 0 Å². The van der Waals surface area contributed by atoms with Crippen molar-refractivity contribution in [3.63, 3.8) is 0 Å². The number of amides is 1. The lowest BCUT2D eigenvalue weighted by Crippen LogP contribution is -2.45. The van der Waals surface area contributed by atoms with Crippen LogP contribution in [0.2, 0.25) is 0 Å². The van der Waals surface area contributed by atoms with Gasteiger partial charge in [0, 0.05) is 12.8 Å². The van der Waals surface area contributed by atoms with Crippen molar-refractivity contribution < 1.29 is 24.5 Å². The summed E-state index contributed by atoms with van der Waals surface area (Å²) < 4.78 is 5.47. The number of hydrogen-bond acceptors (Lipinski definition) is 5. The Morgan fingerprint density at radius 2 is 0.806 bits per heavy atom. The average molecular weight is 872 g/mol. The number of esters is 1. The van der Waals surface area contributed by atoms with Crippen LogP contribution in [0.4, 0.5) is 0 Å². The molecule has 6 heteroatoms. The zero-order valence-corrected chi connectivity index (χ0v) is 41.4. The first kappa shape index (κ1) is 60.1. The van der Waals surface area contributed by atoms with Gasteiger partial charge in [-0.1, -0.05) is 243 Å². The van der Waals surface area contributed by atoms with Gasteiger partial charge in [0.25, 0.3) is 0 Å². The summed E-state index contributed by atoms with van der Waals surface area (Å²) >= 11 is 0. The molecule has 3 N–H and O–H groups in total. The number of aliphatic hydroxyl groups excluding tert-OH is 2. The molecule has 0 aliphatic rings. The molecule has 0 rings (SSSR count). The second-order valence-corrected chi connectivity index (χ2v) is 18.6. The summed E-state index contributed by atoms with van der Waals surface area (Å²) in [6, 6.07) is -0.632. The quantitative estimate of drug-likeness (QED) is 0.0321. The van der Waals surface area contributed by atoms with E-state index in [0.717, 1.165) is 57.8 Å². The molecule has 0 fully saturated rings. The zero-order chi connectivity index (χ0) is 45.1. The Hall–Kier alpha value is -1.92. The van der Waals surface area contributed by atoms with Crippen LogP contribution in [0, 0.1) is 0 Å². The van der Waals surface area contributed by atoms with Gasteiger partial charge in [0.2, 0.25) is 5.91 Å². The van der Waals surface area contributed by atoms with Crippen LogP contribution in [0.25, 0.3) is 0 Å². The predicted molar refractivity (Wildman–Crippen MR) is 269 cm³/mol. The minimum atomic E-state index is -0.848. The molecule has 0 aliphatic heterocycles. The molecular formula is C56H105NO5. The molecule has 0 heterocycles. The number of nitrogens with one attached hydrogen (secondary N) is 1. The van der Waals surface area contributed by atoms with Crippen LogP contribution < -0.4 is 5.32 Å². The Balaban J connectivity index is 3.44. The molecule has 0 radical (unpaired) electrons. The fourth-order valence-corrected chi connectivity index (χ4v) is 8.19. The monoisotopic (exact) mass is 872 g/mol. The van der Waals surface area contributed by atoms with Gasteiger partial charge in [0.15, 0.2) is 0 Å². The minimum Gasteiger partial charge on any atom is -0.466 e. The molecule has 0 aromatic carbocycles. The smallest absolute Gasteiger partial charge is 0.305 e. The number of allylic oxidation sites excluding steroid dienone is 5. The second kappa shape index (κ2) is 51.7. The molecule has 6 nitrogen and oxygen atoms in total. The lowest BCUT2D eigenvalue weighted by molar-refractivity contribution is -0.143. The van der Waals surface area contributed by atoms with Gasteiger partial charge in [-0.05, 0) is 64.2 Å². The van der Waals surface area contributed by atoms with Crippen molar-refractivity contribution in [2.24, 2.45) is 0 Å². The van der Waals surface area contributed by atoms with E-state index in [1.54, 1.807) is 6.08 Å². The van der Waals surface area contributed by atoms with Gasteiger partial charge < -0.3 is 20.3 Å². The van der Waals surface area contributed by atoms with E-state index in [2.05, 4.69) is 43.5 Å². The number of rotatable bonds is 50. The van der Waals surface area contributed by atoms with Crippen LogP contribution in [0.5, 0.6) is 0 Å². The van der Waals surface area contributed by atoms with Crippen molar-refractivity contribution in [1.82, 2.24) is 5.32 Å². The molecule has 0 aromatic rings. The summed E-state index contributed by atoms with van der Waals surface area (Å²) in [6.45, 7) is 4.85. The van der Waals surface area contributed by atoms with Crippen molar-refractivity contribution >= 4 is 11.9 Å². The summed E-state index contributed by atoms with van der Waals surface area (Å²) in [5.41, 5.74) is 0. The summed E-state index contributed by atoms with van der Waals surface area (Å²) in [6.07, 6.45) is 62.9. The summed E-state index contributed by atoms with van der Waals surface area (Å²) in [7, 11) is 0. The third-order valence-electron chi connectivity index (χ3n) is 12.4. The Morgan fingerprint density at radius 1 is 0.452 bits per heavy atom. The van der Waals surface area contributed by atoms with Crippen LogP contribution in [0.1, 0.15) is 284 Å². The van der Waals surface area contributed by atoms with Gasteiger partial charge in [-0.3, -0.25) is 9.59 Å². The third kappa shape index (κ3) is 47.6. The van der Waals surface area contributed by atoms with Crippen molar-refractivity contribution in [3.8, 4) is 0 Å². The zero-order valence-electron chi connectivity index (χ0n) is 41.4. The Morgan fingerprint density at radius 3 is 1.26 bits per heavy atom. The lowest BCUT2D eigenvalue weighted by atomic mass is 10.0. The van der Waals surface area contributed by atoms with Crippen molar-refractivity contribution in [2.45, 2.75) is 296 Å². The highest BCUT2D eigenvalue weighted by Gasteiger charge is 2.18. The van der Waals surface area contributed by atoms with Crippen LogP contribution >= 0.6 is 0 Å². The minimum absolute atomic E-state index is 0.00610. The van der Waals surface area contributed by atoms with Gasteiger partial charge >= 0.3 is 5.97 Å². The summed E-state index contributed by atoms with van der Waals surface area (Å²) in [4.78, 5) is 24.5. The fraction of sp³-hybridized carbons (Fsp3) is 0.857. The largest absolute Gasteiger partial charge is 0.466 e. The van der Waals surface area contributed by atoms with E-state index in [9.17, 15) is 19.8 Å². The van der Waals surface area contributed by atoms with E-state index in [4.69, 9.17) is 4.74 Å². The van der Waals surface area contributed by atoms with E-state index in [1.165, 1.54) is 199 Å². The SMILES string of the molecule is CCCCC/C=C\C/C=C\CCCCCCCCCC(=O)OCCCCCCCCCCCCCCCCCCC(=O)NC(CO)C(O)/C=C/CCCCCCCCCCCC. The first-order valence-electron chi connectivity index (χ1n) is 27.3. The van der Waals surface area contributed by atoms with Crippen molar-refractivity contribution in [1.29, 1.82) is 0 Å². The van der Waals surface area contributed by atoms with Gasteiger partial charge in [0.05, 0.1) is 25.4 Å². The third-order valence-corrected chi connectivity index (χ3v) is 12.4. The first-order chi connectivity index (χ1) is 30.5. The number of ether oxygens (including phenoxy) is 1. The highest BCUT2D eigenvalue weighted by Crippen LogP contribution is 2.16. The molecule has 0 saturated heterocycles. The number of carbonyl (C=O) groups excluding carboxylic acids is 2. The predicted octanol–water partition coefficient (Wildman–Crippen LogP) is 16.5. The van der Waals surface area contributed by atoms with Crippen LogP contribution in [0.15, 0.2) is 36.5 Å². The second-order valence-electron chi connectivity index (χ2n) is 18.6. The first-order valence-corrected chi connectivity index (χ1v) is 27.3. The fourth-order valence-electron chi connectivity index (χ4n) is 8.19. The summed E-state index contributed by atoms with van der Waals surface area (Å²) in [5, 5.41) is 23.0. The molecular weight excluding hydrogens is 767 g/mol. The van der Waals surface area contributed by atoms with Gasteiger partial charge in [-0.25, -0.2) is 0 Å². The highest BCUT2D eigenvalue weighted by atomic mass is 16.5. The topological polar surface area (TPSA) is 95.9 Å².